The first-order valence-corrected chi connectivity index (χ1v) is 6.17. The Morgan fingerprint density at radius 1 is 1.35 bits per heavy atom. The smallest absolute Gasteiger partial charge is 0.144 e. The summed E-state index contributed by atoms with van der Waals surface area (Å²) in [6.07, 6.45) is 10.1. The molecule has 0 radical (unpaired) electrons. The summed E-state index contributed by atoms with van der Waals surface area (Å²) in [5, 5.41) is 15.1. The van der Waals surface area contributed by atoms with E-state index in [2.05, 4.69) is 16.4 Å². The van der Waals surface area contributed by atoms with E-state index in [-0.39, 0.29) is 5.41 Å². The number of amidine groups is 1. The van der Waals surface area contributed by atoms with Gasteiger partial charge in [0, 0.05) is 11.8 Å². The van der Waals surface area contributed by atoms with Gasteiger partial charge in [0.1, 0.15) is 5.84 Å². The molecule has 0 fully saturated rings. The van der Waals surface area contributed by atoms with Crippen molar-refractivity contribution >= 4 is 5.84 Å². The van der Waals surface area contributed by atoms with Gasteiger partial charge >= 0.3 is 0 Å². The minimum atomic E-state index is -0.236. The molecule has 0 atom stereocenters. The molecule has 4 N–H and O–H groups in total. The van der Waals surface area contributed by atoms with Crippen molar-refractivity contribution in [1.29, 1.82) is 0 Å². The van der Waals surface area contributed by atoms with Crippen LogP contribution in [0, 0.1) is 17.8 Å². The van der Waals surface area contributed by atoms with Gasteiger partial charge in [-0.15, -0.1) is 12.3 Å². The second kappa shape index (κ2) is 8.89. The van der Waals surface area contributed by atoms with E-state index in [0.29, 0.717) is 5.84 Å². The van der Waals surface area contributed by atoms with E-state index in [1.54, 1.807) is 0 Å². The van der Waals surface area contributed by atoms with Gasteiger partial charge in [0.25, 0.3) is 0 Å². The molecule has 4 nitrogen and oxygen atoms in total. The maximum atomic E-state index is 8.62. The van der Waals surface area contributed by atoms with E-state index < -0.39 is 0 Å². The average Bonchev–Trinajstić information content (AvgIpc) is 2.31. The predicted molar refractivity (Wildman–Crippen MR) is 72.0 cm³/mol. The first-order valence-electron chi connectivity index (χ1n) is 6.17. The number of nitrogens with zero attached hydrogens (tertiary/aromatic N) is 1. The fraction of sp³-hybridized carbons (Fsp3) is 0.769. The SMILES string of the molecule is C#CCCCCNCCCC(C)(C)C(N)=NO. The van der Waals surface area contributed by atoms with E-state index in [4.69, 9.17) is 17.4 Å². The zero-order valence-electron chi connectivity index (χ0n) is 11.0. The molecular weight excluding hydrogens is 214 g/mol. The highest BCUT2D eigenvalue weighted by atomic mass is 16.4. The van der Waals surface area contributed by atoms with Crippen LogP contribution in [0.2, 0.25) is 0 Å². The number of rotatable bonds is 9. The number of terminal acetylenes is 1. The van der Waals surface area contributed by atoms with Crippen molar-refractivity contribution in [2.24, 2.45) is 16.3 Å². The van der Waals surface area contributed by atoms with E-state index >= 15 is 0 Å². The van der Waals surface area contributed by atoms with Crippen LogP contribution in [0.15, 0.2) is 5.16 Å². The molecule has 0 aliphatic heterocycles. The minimum Gasteiger partial charge on any atom is -0.409 e. The van der Waals surface area contributed by atoms with E-state index in [1.807, 2.05) is 13.8 Å². The molecule has 0 saturated heterocycles. The lowest BCUT2D eigenvalue weighted by Crippen LogP contribution is -2.32. The molecule has 0 unspecified atom stereocenters. The molecule has 98 valence electrons. The van der Waals surface area contributed by atoms with Gasteiger partial charge < -0.3 is 16.3 Å². The second-order valence-electron chi connectivity index (χ2n) is 4.88. The molecule has 0 aromatic rings. The summed E-state index contributed by atoms with van der Waals surface area (Å²) >= 11 is 0. The van der Waals surface area contributed by atoms with E-state index in [0.717, 1.165) is 45.2 Å². The highest BCUT2D eigenvalue weighted by Crippen LogP contribution is 2.21. The van der Waals surface area contributed by atoms with Crippen molar-refractivity contribution in [3.05, 3.63) is 0 Å². The van der Waals surface area contributed by atoms with Crippen molar-refractivity contribution in [2.75, 3.05) is 13.1 Å². The Hall–Kier alpha value is -1.21. The maximum Gasteiger partial charge on any atom is 0.144 e. The van der Waals surface area contributed by atoms with Crippen LogP contribution in [-0.4, -0.2) is 24.1 Å². The summed E-state index contributed by atoms with van der Waals surface area (Å²) in [4.78, 5) is 0. The maximum absolute atomic E-state index is 8.62. The van der Waals surface area contributed by atoms with Crippen LogP contribution in [0.1, 0.15) is 46.0 Å². The van der Waals surface area contributed by atoms with Crippen molar-refractivity contribution in [3.63, 3.8) is 0 Å². The highest BCUT2D eigenvalue weighted by molar-refractivity contribution is 5.85. The van der Waals surface area contributed by atoms with Gasteiger partial charge in [-0.25, -0.2) is 0 Å². The fourth-order valence-corrected chi connectivity index (χ4v) is 1.52. The third kappa shape index (κ3) is 7.64. The molecule has 0 rings (SSSR count). The molecule has 0 aromatic heterocycles. The summed E-state index contributed by atoms with van der Waals surface area (Å²) in [7, 11) is 0. The number of unbranched alkanes of at least 4 members (excludes halogenated alkanes) is 2. The predicted octanol–water partition coefficient (Wildman–Crippen LogP) is 1.93. The van der Waals surface area contributed by atoms with Crippen LogP contribution in [0.3, 0.4) is 0 Å². The van der Waals surface area contributed by atoms with Crippen molar-refractivity contribution in [1.82, 2.24) is 5.32 Å². The molecular formula is C13H25N3O. The summed E-state index contributed by atoms with van der Waals surface area (Å²) < 4.78 is 0. The van der Waals surface area contributed by atoms with Crippen LogP contribution < -0.4 is 11.1 Å². The lowest BCUT2D eigenvalue weighted by atomic mass is 9.86. The van der Waals surface area contributed by atoms with Crippen LogP contribution in [0.5, 0.6) is 0 Å². The molecule has 0 aromatic carbocycles. The van der Waals surface area contributed by atoms with Gasteiger partial charge in [-0.3, -0.25) is 0 Å². The first kappa shape index (κ1) is 15.8. The number of hydrogen-bond donors (Lipinski definition) is 3. The number of oxime groups is 1. The second-order valence-corrected chi connectivity index (χ2v) is 4.88. The van der Waals surface area contributed by atoms with Gasteiger partial charge in [-0.1, -0.05) is 19.0 Å². The Morgan fingerprint density at radius 2 is 2.00 bits per heavy atom. The molecule has 4 heteroatoms. The third-order valence-corrected chi connectivity index (χ3v) is 2.88. The molecule has 0 spiro atoms. The molecule has 0 saturated carbocycles. The molecule has 0 heterocycles. The van der Waals surface area contributed by atoms with Crippen LogP contribution in [-0.2, 0) is 0 Å². The van der Waals surface area contributed by atoms with Crippen LogP contribution >= 0.6 is 0 Å². The molecule has 0 bridgehead atoms. The number of nitrogens with one attached hydrogen (secondary N) is 1. The summed E-state index contributed by atoms with van der Waals surface area (Å²) in [6, 6.07) is 0. The van der Waals surface area contributed by atoms with Crippen LogP contribution in [0.4, 0.5) is 0 Å². The normalized spacial score (nSPS) is 12.4. The Bertz CT molecular complexity index is 266. The van der Waals surface area contributed by atoms with Crippen molar-refractivity contribution in [3.8, 4) is 12.3 Å². The molecule has 0 aliphatic rings. The fourth-order valence-electron chi connectivity index (χ4n) is 1.52. The quantitative estimate of drug-likeness (QED) is 0.144. The Kier molecular flexibility index (Phi) is 8.25. The van der Waals surface area contributed by atoms with Gasteiger partial charge in [0.05, 0.1) is 0 Å². The first-order chi connectivity index (χ1) is 8.04. The topological polar surface area (TPSA) is 70.6 Å². The monoisotopic (exact) mass is 239 g/mol. The average molecular weight is 239 g/mol. The van der Waals surface area contributed by atoms with Gasteiger partial charge in [0.15, 0.2) is 0 Å². The van der Waals surface area contributed by atoms with E-state index in [1.165, 1.54) is 0 Å². The molecule has 0 aliphatic carbocycles. The lowest BCUT2D eigenvalue weighted by Gasteiger charge is -2.22. The largest absolute Gasteiger partial charge is 0.409 e. The Labute approximate surface area is 105 Å². The van der Waals surface area contributed by atoms with Crippen molar-refractivity contribution < 1.29 is 5.21 Å². The lowest BCUT2D eigenvalue weighted by molar-refractivity contribution is 0.304. The third-order valence-electron chi connectivity index (χ3n) is 2.88. The number of nitrogens with two attached hydrogens (primary N) is 1. The molecule has 0 amide bonds. The Morgan fingerprint density at radius 3 is 2.59 bits per heavy atom. The summed E-state index contributed by atoms with van der Waals surface area (Å²) in [6.45, 7) is 5.92. The van der Waals surface area contributed by atoms with Gasteiger partial charge in [-0.05, 0) is 38.8 Å². The molecule has 17 heavy (non-hydrogen) atoms. The summed E-state index contributed by atoms with van der Waals surface area (Å²) in [5.74, 6) is 2.93. The zero-order valence-corrected chi connectivity index (χ0v) is 11.0. The highest BCUT2D eigenvalue weighted by Gasteiger charge is 2.22. The van der Waals surface area contributed by atoms with E-state index in [9.17, 15) is 0 Å². The standard InChI is InChI=1S/C13H25N3O/c1-4-5-6-7-10-15-11-8-9-13(2,3)12(14)16-17/h1,15,17H,5-11H2,2-3H3,(H2,14,16). The van der Waals surface area contributed by atoms with Crippen LogP contribution in [0.25, 0.3) is 0 Å². The Balaban J connectivity index is 3.49. The number of hydrogen-bond acceptors (Lipinski definition) is 3. The summed E-state index contributed by atoms with van der Waals surface area (Å²) in [5.41, 5.74) is 5.37. The van der Waals surface area contributed by atoms with Gasteiger partial charge in [0.2, 0.25) is 0 Å². The zero-order chi connectivity index (χ0) is 13.1. The minimum absolute atomic E-state index is 0.236. The van der Waals surface area contributed by atoms with Gasteiger partial charge in [-0.2, -0.15) is 0 Å². The van der Waals surface area contributed by atoms with Crippen molar-refractivity contribution in [2.45, 2.75) is 46.0 Å².